The van der Waals surface area contributed by atoms with Gasteiger partial charge < -0.3 is 9.57 Å². The number of benzene rings is 2. The van der Waals surface area contributed by atoms with Crippen molar-refractivity contribution in [1.29, 1.82) is 0 Å². The number of oxime groups is 1. The summed E-state index contributed by atoms with van der Waals surface area (Å²) in [5.41, 5.74) is 2.93. The van der Waals surface area contributed by atoms with E-state index in [1.165, 1.54) is 0 Å². The van der Waals surface area contributed by atoms with Gasteiger partial charge in [-0.05, 0) is 48.4 Å². The average Bonchev–Trinajstić information content (AvgIpc) is 2.86. The first-order valence-corrected chi connectivity index (χ1v) is 7.45. The summed E-state index contributed by atoms with van der Waals surface area (Å²) in [6, 6.07) is 15.0. The Hall–Kier alpha value is -2.59. The summed E-state index contributed by atoms with van der Waals surface area (Å²) in [6.07, 6.45) is 1.74. The summed E-state index contributed by atoms with van der Waals surface area (Å²) in [5.74, 6) is 0.315. The van der Waals surface area contributed by atoms with Crippen molar-refractivity contribution < 1.29 is 14.4 Å². The van der Waals surface area contributed by atoms with Crippen LogP contribution >= 0.6 is 11.6 Å². The van der Waals surface area contributed by atoms with Gasteiger partial charge in [-0.2, -0.15) is 0 Å². The fourth-order valence-electron chi connectivity index (χ4n) is 2.14. The molecule has 0 radical (unpaired) electrons. The van der Waals surface area contributed by atoms with Crippen LogP contribution in [-0.2, 0) is 16.2 Å². The largest absolute Gasteiger partial charge is 0.489 e. The minimum Gasteiger partial charge on any atom is -0.489 e. The molecular weight excluding hydrogens is 314 g/mol. The normalized spacial score (nSPS) is 15.5. The SMILES string of the molecule is CC1=NOC(=O)/C1=C/c1ccc(OCc2cccc(Cl)c2)cc1. The minimum absolute atomic E-state index is 0.427. The Morgan fingerprint density at radius 3 is 2.65 bits per heavy atom. The van der Waals surface area contributed by atoms with Crippen LogP contribution in [0.5, 0.6) is 5.75 Å². The van der Waals surface area contributed by atoms with E-state index >= 15 is 0 Å². The monoisotopic (exact) mass is 327 g/mol. The van der Waals surface area contributed by atoms with E-state index in [2.05, 4.69) is 9.99 Å². The maximum atomic E-state index is 11.5. The molecule has 1 aliphatic rings. The molecule has 5 heteroatoms. The third-order valence-corrected chi connectivity index (χ3v) is 3.60. The Balaban J connectivity index is 1.67. The zero-order valence-electron chi connectivity index (χ0n) is 12.5. The summed E-state index contributed by atoms with van der Waals surface area (Å²) in [4.78, 5) is 16.1. The molecule has 116 valence electrons. The molecule has 1 heterocycles. The van der Waals surface area contributed by atoms with Gasteiger partial charge in [0.1, 0.15) is 12.4 Å². The Bertz CT molecular complexity index is 794. The van der Waals surface area contributed by atoms with Crippen LogP contribution in [0, 0.1) is 0 Å². The van der Waals surface area contributed by atoms with Gasteiger partial charge in [0.25, 0.3) is 0 Å². The lowest BCUT2D eigenvalue weighted by Gasteiger charge is -2.07. The molecule has 3 rings (SSSR count). The summed E-state index contributed by atoms with van der Waals surface area (Å²) < 4.78 is 5.72. The quantitative estimate of drug-likeness (QED) is 0.623. The molecule has 1 aliphatic heterocycles. The predicted molar refractivity (Wildman–Crippen MR) is 89.4 cm³/mol. The van der Waals surface area contributed by atoms with Crippen LogP contribution in [0.15, 0.2) is 59.3 Å². The Labute approximate surface area is 139 Å². The molecule has 23 heavy (non-hydrogen) atoms. The maximum absolute atomic E-state index is 11.5. The number of hydrogen-bond donors (Lipinski definition) is 0. The van der Waals surface area contributed by atoms with E-state index in [4.69, 9.17) is 16.3 Å². The summed E-state index contributed by atoms with van der Waals surface area (Å²) in [5, 5.41) is 4.33. The van der Waals surface area contributed by atoms with E-state index in [0.717, 1.165) is 16.9 Å². The van der Waals surface area contributed by atoms with Gasteiger partial charge in [0.15, 0.2) is 0 Å². The number of hydrogen-bond acceptors (Lipinski definition) is 4. The second kappa shape index (κ2) is 6.67. The molecule has 0 unspecified atom stereocenters. The van der Waals surface area contributed by atoms with Crippen LogP contribution in [0.3, 0.4) is 0 Å². The van der Waals surface area contributed by atoms with Crippen molar-refractivity contribution in [2.24, 2.45) is 5.16 Å². The second-order valence-corrected chi connectivity index (χ2v) is 5.54. The third kappa shape index (κ3) is 3.79. The second-order valence-electron chi connectivity index (χ2n) is 5.10. The molecule has 0 fully saturated rings. The van der Waals surface area contributed by atoms with Crippen LogP contribution in [-0.4, -0.2) is 11.7 Å². The van der Waals surface area contributed by atoms with E-state index in [0.29, 0.717) is 22.9 Å². The maximum Gasteiger partial charge on any atom is 0.367 e. The van der Waals surface area contributed by atoms with E-state index < -0.39 is 5.97 Å². The molecular formula is C18H14ClNO3. The molecule has 0 saturated carbocycles. The standard InChI is InChI=1S/C18H14ClNO3/c1-12-17(18(21)23-20-12)10-13-5-7-16(8-6-13)22-11-14-3-2-4-15(19)9-14/h2-10H,11H2,1H3/b17-10+. The van der Waals surface area contributed by atoms with E-state index in [1.54, 1.807) is 13.0 Å². The molecule has 0 N–H and O–H groups in total. The molecule has 2 aromatic rings. The van der Waals surface area contributed by atoms with Crippen molar-refractivity contribution in [1.82, 2.24) is 0 Å². The van der Waals surface area contributed by atoms with Gasteiger partial charge in [-0.3, -0.25) is 0 Å². The van der Waals surface area contributed by atoms with Crippen molar-refractivity contribution in [2.75, 3.05) is 0 Å². The van der Waals surface area contributed by atoms with Crippen molar-refractivity contribution in [3.05, 3.63) is 70.3 Å². The fourth-order valence-corrected chi connectivity index (χ4v) is 2.35. The topological polar surface area (TPSA) is 47.9 Å². The van der Waals surface area contributed by atoms with E-state index in [9.17, 15) is 4.79 Å². The van der Waals surface area contributed by atoms with Crippen LogP contribution in [0.25, 0.3) is 6.08 Å². The lowest BCUT2D eigenvalue weighted by molar-refractivity contribution is -0.136. The van der Waals surface area contributed by atoms with Gasteiger partial charge in [0.2, 0.25) is 0 Å². The molecule has 0 atom stereocenters. The lowest BCUT2D eigenvalue weighted by atomic mass is 10.1. The highest BCUT2D eigenvalue weighted by atomic mass is 35.5. The molecule has 0 spiro atoms. The summed E-state index contributed by atoms with van der Waals surface area (Å²) in [6.45, 7) is 2.18. The smallest absolute Gasteiger partial charge is 0.367 e. The van der Waals surface area contributed by atoms with Gasteiger partial charge in [0.05, 0.1) is 11.3 Å². The molecule has 2 aromatic carbocycles. The van der Waals surface area contributed by atoms with Gasteiger partial charge in [-0.25, -0.2) is 4.79 Å². The Morgan fingerprint density at radius 2 is 2.00 bits per heavy atom. The number of rotatable bonds is 4. The highest BCUT2D eigenvalue weighted by Gasteiger charge is 2.21. The van der Waals surface area contributed by atoms with E-state index in [1.807, 2.05) is 48.5 Å². The summed E-state index contributed by atoms with van der Waals surface area (Å²) >= 11 is 5.94. The molecule has 0 aromatic heterocycles. The molecule has 0 aliphatic carbocycles. The van der Waals surface area contributed by atoms with Crippen molar-refractivity contribution in [2.45, 2.75) is 13.5 Å². The first kappa shape index (κ1) is 15.3. The lowest BCUT2D eigenvalue weighted by Crippen LogP contribution is -2.01. The van der Waals surface area contributed by atoms with Crippen LogP contribution in [0.2, 0.25) is 5.02 Å². The van der Waals surface area contributed by atoms with Crippen LogP contribution in [0.1, 0.15) is 18.1 Å². The predicted octanol–water partition coefficient (Wildman–Crippen LogP) is 4.24. The van der Waals surface area contributed by atoms with Gasteiger partial charge >= 0.3 is 5.97 Å². The third-order valence-electron chi connectivity index (χ3n) is 3.36. The fraction of sp³-hybridized carbons (Fsp3) is 0.111. The van der Waals surface area contributed by atoms with Crippen molar-refractivity contribution >= 4 is 29.4 Å². The molecule has 4 nitrogen and oxygen atoms in total. The zero-order chi connectivity index (χ0) is 16.2. The van der Waals surface area contributed by atoms with Crippen LogP contribution in [0.4, 0.5) is 0 Å². The number of carbonyl (C=O) groups is 1. The van der Waals surface area contributed by atoms with Gasteiger partial charge in [-0.1, -0.05) is 41.0 Å². The van der Waals surface area contributed by atoms with E-state index in [-0.39, 0.29) is 0 Å². The number of ether oxygens (including phenoxy) is 1. The number of nitrogens with zero attached hydrogens (tertiary/aromatic N) is 1. The average molecular weight is 328 g/mol. The highest BCUT2D eigenvalue weighted by molar-refractivity contribution is 6.30. The minimum atomic E-state index is -0.427. The molecule has 0 amide bonds. The van der Waals surface area contributed by atoms with Gasteiger partial charge in [-0.15, -0.1) is 0 Å². The highest BCUT2D eigenvalue weighted by Crippen LogP contribution is 2.19. The first-order chi connectivity index (χ1) is 11.1. The van der Waals surface area contributed by atoms with Crippen molar-refractivity contribution in [3.8, 4) is 5.75 Å². The zero-order valence-corrected chi connectivity index (χ0v) is 13.2. The Kier molecular flexibility index (Phi) is 4.44. The molecule has 0 saturated heterocycles. The van der Waals surface area contributed by atoms with Gasteiger partial charge in [0, 0.05) is 5.02 Å². The van der Waals surface area contributed by atoms with Crippen molar-refractivity contribution in [3.63, 3.8) is 0 Å². The first-order valence-electron chi connectivity index (χ1n) is 7.07. The summed E-state index contributed by atoms with van der Waals surface area (Å²) in [7, 11) is 0. The number of carbonyl (C=O) groups excluding carboxylic acids is 1. The van der Waals surface area contributed by atoms with Crippen LogP contribution < -0.4 is 4.74 Å². The number of halogens is 1. The molecule has 0 bridgehead atoms. The Morgan fingerprint density at radius 1 is 1.22 bits per heavy atom.